The van der Waals surface area contributed by atoms with Crippen LogP contribution in [0.25, 0.3) is 10.8 Å². The van der Waals surface area contributed by atoms with Crippen LogP contribution in [0.3, 0.4) is 0 Å². The van der Waals surface area contributed by atoms with E-state index in [0.29, 0.717) is 16.5 Å². The zero-order valence-electron chi connectivity index (χ0n) is 23.1. The quantitative estimate of drug-likeness (QED) is 0.120. The number of fused-ring (bicyclic) bond motifs is 1. The zero-order valence-corrected chi connectivity index (χ0v) is 26.3. The molecule has 0 aliphatic heterocycles. The van der Waals surface area contributed by atoms with Gasteiger partial charge in [-0.05, 0) is 62.3 Å². The lowest BCUT2D eigenvalue weighted by Gasteiger charge is -2.43. The molecule has 9 heteroatoms. The molecule has 2 aromatic heterocycles. The van der Waals surface area contributed by atoms with Gasteiger partial charge in [0.25, 0.3) is 13.9 Å². The highest BCUT2D eigenvalue weighted by atomic mass is 127. The molecule has 0 unspecified atom stereocenters. The van der Waals surface area contributed by atoms with Crippen molar-refractivity contribution < 1.29 is 13.7 Å². The summed E-state index contributed by atoms with van der Waals surface area (Å²) in [6.07, 6.45) is 4.69. The van der Waals surface area contributed by atoms with Gasteiger partial charge in [0.2, 0.25) is 0 Å². The van der Waals surface area contributed by atoms with Crippen molar-refractivity contribution in [2.45, 2.75) is 25.8 Å². The largest absolute Gasteiger partial charge is 0.408 e. The van der Waals surface area contributed by atoms with E-state index in [-0.39, 0.29) is 29.5 Å². The van der Waals surface area contributed by atoms with Crippen LogP contribution in [-0.2, 0) is 4.43 Å². The van der Waals surface area contributed by atoms with Crippen LogP contribution >= 0.6 is 22.6 Å². The summed E-state index contributed by atoms with van der Waals surface area (Å²) in [4.78, 5) is 23.7. The average molecular weight is 680 g/mol. The Morgan fingerprint density at radius 3 is 2.17 bits per heavy atom. The minimum absolute atomic E-state index is 0.162. The molecular weight excluding hydrogens is 648 g/mol. The summed E-state index contributed by atoms with van der Waals surface area (Å²) in [5, 5.41) is 6.17. The molecule has 0 amide bonds. The van der Waals surface area contributed by atoms with Crippen LogP contribution in [0.4, 0.5) is 15.8 Å². The smallest absolute Gasteiger partial charge is 0.293 e. The van der Waals surface area contributed by atoms with Crippen molar-refractivity contribution in [3.8, 4) is 0 Å². The van der Waals surface area contributed by atoms with Crippen LogP contribution in [0.15, 0.2) is 108 Å². The number of anilines is 2. The van der Waals surface area contributed by atoms with Gasteiger partial charge in [-0.3, -0.25) is 9.78 Å². The second-order valence-corrected chi connectivity index (χ2v) is 16.2. The van der Waals surface area contributed by atoms with Gasteiger partial charge in [0.1, 0.15) is 12.4 Å². The topological polar surface area (TPSA) is 65.4 Å². The summed E-state index contributed by atoms with van der Waals surface area (Å²) in [6, 6.07) is 27.4. The highest BCUT2D eigenvalue weighted by Gasteiger charge is 2.50. The molecule has 0 atom stereocenters. The number of rotatable bonds is 9. The van der Waals surface area contributed by atoms with Crippen LogP contribution in [0.1, 0.15) is 20.8 Å². The molecule has 210 valence electrons. The second kappa shape index (κ2) is 12.1. The molecule has 5 aromatic rings. The number of hydrogen-bond acceptors (Lipinski definition) is 5. The Morgan fingerprint density at radius 1 is 0.902 bits per heavy atom. The number of nitrogens with zero attached hydrogens (tertiary/aromatic N) is 2. The minimum atomic E-state index is -2.73. The fraction of sp³-hybridized carbons (Fsp3) is 0.188. The lowest BCUT2D eigenvalue weighted by molar-refractivity contribution is 0.0740. The molecule has 2 heterocycles. The number of pyridine rings is 2. The van der Waals surface area contributed by atoms with E-state index < -0.39 is 14.1 Å². The summed E-state index contributed by atoms with van der Waals surface area (Å²) >= 11 is 2.05. The zero-order chi connectivity index (χ0) is 29.0. The van der Waals surface area contributed by atoms with Gasteiger partial charge >= 0.3 is 0 Å². The first-order chi connectivity index (χ1) is 19.7. The molecule has 0 spiro atoms. The van der Waals surface area contributed by atoms with E-state index >= 15 is 0 Å². The monoisotopic (exact) mass is 679 g/mol. The van der Waals surface area contributed by atoms with Gasteiger partial charge in [-0.15, -0.1) is 0 Å². The number of hydrogen-bond donors (Lipinski definition) is 1. The SMILES string of the molecule is CC(C)(C)[Si](OCCOn1ccc2cncc(Nc3ccc(I)cc3F)c2c1=O)(c1ccccc1)c1ccccc1. The minimum Gasteiger partial charge on any atom is -0.408 e. The van der Waals surface area contributed by atoms with Gasteiger partial charge in [0.15, 0.2) is 0 Å². The number of aromatic nitrogens is 2. The molecule has 0 radical (unpaired) electrons. The standard InChI is InChI=1S/C32H31FIN3O3Si/c1-32(2,3)41(25-10-6-4-7-11-25,26-12-8-5-9-13-26)40-19-18-39-37-17-16-23-21-35-22-29(30(23)31(37)38)36-28-15-14-24(34)20-27(28)33/h4-17,20-22,36H,18-19H2,1-3H3. The number of benzene rings is 3. The molecule has 5 rings (SSSR count). The third-order valence-corrected chi connectivity index (χ3v) is 12.7. The molecule has 6 nitrogen and oxygen atoms in total. The first-order valence-corrected chi connectivity index (χ1v) is 16.3. The number of halogens is 2. The van der Waals surface area contributed by atoms with E-state index in [1.165, 1.54) is 27.4 Å². The Hall–Kier alpha value is -3.54. The molecule has 0 saturated carbocycles. The molecule has 41 heavy (non-hydrogen) atoms. The van der Waals surface area contributed by atoms with Crippen LogP contribution < -0.4 is 26.1 Å². The van der Waals surface area contributed by atoms with E-state index in [1.807, 2.05) is 36.4 Å². The van der Waals surface area contributed by atoms with E-state index in [0.717, 1.165) is 3.57 Å². The lowest BCUT2D eigenvalue weighted by Crippen LogP contribution is -2.66. The molecule has 0 bridgehead atoms. The maximum absolute atomic E-state index is 14.5. The summed E-state index contributed by atoms with van der Waals surface area (Å²) < 4.78 is 23.4. The summed E-state index contributed by atoms with van der Waals surface area (Å²) in [7, 11) is -2.73. The van der Waals surface area contributed by atoms with Crippen LogP contribution in [0.5, 0.6) is 0 Å². The molecule has 0 saturated heterocycles. The van der Waals surface area contributed by atoms with Crippen molar-refractivity contribution in [2.75, 3.05) is 18.5 Å². The average Bonchev–Trinajstić information content (AvgIpc) is 2.96. The second-order valence-electron chi connectivity index (χ2n) is 10.7. The number of nitrogens with one attached hydrogen (secondary N) is 1. The maximum Gasteiger partial charge on any atom is 0.293 e. The van der Waals surface area contributed by atoms with Gasteiger partial charge in [0, 0.05) is 21.4 Å². The molecule has 1 N–H and O–H groups in total. The molecule has 0 fully saturated rings. The summed E-state index contributed by atoms with van der Waals surface area (Å²) in [5.74, 6) is -0.415. The Morgan fingerprint density at radius 2 is 1.56 bits per heavy atom. The predicted molar refractivity (Wildman–Crippen MR) is 173 cm³/mol. The van der Waals surface area contributed by atoms with E-state index in [2.05, 4.69) is 77.9 Å². The Balaban J connectivity index is 1.41. The lowest BCUT2D eigenvalue weighted by atomic mass is 10.2. The third kappa shape index (κ3) is 5.93. The van der Waals surface area contributed by atoms with Crippen molar-refractivity contribution in [1.82, 2.24) is 9.71 Å². The van der Waals surface area contributed by atoms with Crippen LogP contribution in [0, 0.1) is 9.39 Å². The van der Waals surface area contributed by atoms with Crippen molar-refractivity contribution in [3.63, 3.8) is 0 Å². The Kier molecular flexibility index (Phi) is 8.57. The van der Waals surface area contributed by atoms with Gasteiger partial charge in [-0.25, -0.2) is 4.39 Å². The predicted octanol–water partition coefficient (Wildman–Crippen LogP) is 5.89. The molecular formula is C32H31FIN3O3Si. The molecule has 3 aromatic carbocycles. The van der Waals surface area contributed by atoms with Crippen LogP contribution in [-0.4, -0.2) is 31.2 Å². The van der Waals surface area contributed by atoms with Gasteiger partial charge in [-0.1, -0.05) is 81.4 Å². The highest BCUT2D eigenvalue weighted by molar-refractivity contribution is 14.1. The molecule has 0 aliphatic rings. The maximum atomic E-state index is 14.5. The fourth-order valence-corrected chi connectivity index (χ4v) is 10.2. The first-order valence-electron chi connectivity index (χ1n) is 13.3. The van der Waals surface area contributed by atoms with E-state index in [1.54, 1.807) is 30.6 Å². The van der Waals surface area contributed by atoms with Crippen LogP contribution in [0.2, 0.25) is 5.04 Å². The van der Waals surface area contributed by atoms with E-state index in [9.17, 15) is 9.18 Å². The summed E-state index contributed by atoms with van der Waals surface area (Å²) in [6.45, 7) is 7.09. The Bertz CT molecular complexity index is 1670. The third-order valence-electron chi connectivity index (χ3n) is 7.03. The van der Waals surface area contributed by atoms with Crippen molar-refractivity contribution in [1.29, 1.82) is 0 Å². The van der Waals surface area contributed by atoms with Gasteiger partial charge in [-0.2, -0.15) is 4.73 Å². The van der Waals surface area contributed by atoms with Gasteiger partial charge in [0.05, 0.1) is 29.6 Å². The highest BCUT2D eigenvalue weighted by Crippen LogP contribution is 2.36. The normalized spacial score (nSPS) is 11.9. The van der Waals surface area contributed by atoms with E-state index in [4.69, 9.17) is 9.26 Å². The van der Waals surface area contributed by atoms with Crippen molar-refractivity contribution >= 4 is 63.4 Å². The van der Waals surface area contributed by atoms with Gasteiger partial charge < -0.3 is 14.6 Å². The first kappa shape index (κ1) is 29.0. The Labute approximate surface area is 253 Å². The van der Waals surface area contributed by atoms with Crippen molar-refractivity contribution in [3.05, 3.63) is 123 Å². The fourth-order valence-electron chi connectivity index (χ4n) is 5.19. The summed E-state index contributed by atoms with van der Waals surface area (Å²) in [5.41, 5.74) is 0.284. The van der Waals surface area contributed by atoms with Crippen molar-refractivity contribution in [2.24, 2.45) is 0 Å². The molecule has 0 aliphatic carbocycles.